The van der Waals surface area contributed by atoms with Gasteiger partial charge in [0.05, 0.1) is 16.7 Å². The predicted molar refractivity (Wildman–Crippen MR) is 281 cm³/mol. The van der Waals surface area contributed by atoms with Crippen LogP contribution in [0.4, 0.5) is 0 Å². The normalized spacial score (nSPS) is 11.8. The zero-order valence-electron chi connectivity index (χ0n) is 37.0. The molecule has 322 valence electrons. The van der Waals surface area contributed by atoms with E-state index in [4.69, 9.17) is 23.8 Å². The summed E-state index contributed by atoms with van der Waals surface area (Å²) in [4.78, 5) is 15.1. The SMILES string of the molecule is c1ccc(-c2ccc(-c3nc(-c4ccccc4)nc(-c4ccc5c(c4)oc4cc(-c6cc(-n7c8ccccc8c8cc(-c9ccccc9)ccc87)cc7oc8ccccc8c67)ccc45)n3)cc2)cc1. The Morgan fingerprint density at radius 1 is 0.275 bits per heavy atom. The summed E-state index contributed by atoms with van der Waals surface area (Å²) < 4.78 is 15.9. The first kappa shape index (κ1) is 38.8. The van der Waals surface area contributed by atoms with Gasteiger partial charge in [0.2, 0.25) is 0 Å². The molecule has 0 aliphatic rings. The molecule has 69 heavy (non-hydrogen) atoms. The Morgan fingerprint density at radius 3 is 1.46 bits per heavy atom. The Bertz CT molecular complexity index is 4290. The molecule has 0 aliphatic carbocycles. The van der Waals surface area contributed by atoms with Crippen molar-refractivity contribution in [3.63, 3.8) is 0 Å². The monoisotopic (exact) mass is 882 g/mol. The van der Waals surface area contributed by atoms with Crippen molar-refractivity contribution < 1.29 is 8.83 Å². The molecule has 0 amide bonds. The van der Waals surface area contributed by atoms with Crippen LogP contribution < -0.4 is 0 Å². The van der Waals surface area contributed by atoms with Gasteiger partial charge < -0.3 is 13.4 Å². The van der Waals surface area contributed by atoms with Gasteiger partial charge in [-0.1, -0.05) is 170 Å². The molecule has 0 fully saturated rings. The number of fused-ring (bicyclic) bond motifs is 9. The predicted octanol–water partition coefficient (Wildman–Crippen LogP) is 16.8. The summed E-state index contributed by atoms with van der Waals surface area (Å²) in [6, 6.07) is 80.4. The van der Waals surface area contributed by atoms with Gasteiger partial charge in [0.15, 0.2) is 17.5 Å². The van der Waals surface area contributed by atoms with Crippen molar-refractivity contribution in [2.75, 3.05) is 0 Å². The first-order valence-electron chi connectivity index (χ1n) is 23.2. The summed E-state index contributed by atoms with van der Waals surface area (Å²) >= 11 is 0. The van der Waals surface area contributed by atoms with E-state index < -0.39 is 0 Å². The molecule has 4 aromatic heterocycles. The van der Waals surface area contributed by atoms with Crippen LogP contribution in [-0.2, 0) is 0 Å². The first-order valence-corrected chi connectivity index (χ1v) is 23.2. The Balaban J connectivity index is 0.901. The van der Waals surface area contributed by atoms with Crippen molar-refractivity contribution in [1.82, 2.24) is 19.5 Å². The maximum atomic E-state index is 6.81. The number of hydrogen-bond donors (Lipinski definition) is 0. The summed E-state index contributed by atoms with van der Waals surface area (Å²) in [7, 11) is 0. The standard InChI is InChI=1S/C63H38N4O2/c1-4-14-39(15-5-1)41-24-26-43(27-25-41)62-64-61(42-18-8-3-9-19-42)65-63(66-62)46-29-32-50-49-31-28-45(35-57(49)69-58(50)36-46)52-37-47(38-59-60(52)51-21-11-13-23-56(51)68-59)67-54-22-12-10-20-48(54)53-34-44(30-33-55(53)67)40-16-6-2-7-17-40/h1-38H. The molecule has 0 radical (unpaired) electrons. The van der Waals surface area contributed by atoms with Gasteiger partial charge in [-0.15, -0.1) is 0 Å². The molecular formula is C63H38N4O2. The fourth-order valence-corrected chi connectivity index (χ4v) is 10.1. The quantitative estimate of drug-likeness (QED) is 0.159. The highest BCUT2D eigenvalue weighted by Crippen LogP contribution is 2.43. The Morgan fingerprint density at radius 2 is 0.754 bits per heavy atom. The van der Waals surface area contributed by atoms with Crippen molar-refractivity contribution in [3.8, 4) is 73.2 Å². The minimum Gasteiger partial charge on any atom is -0.456 e. The van der Waals surface area contributed by atoms with Crippen LogP contribution in [0.15, 0.2) is 239 Å². The number of benzene rings is 10. The largest absolute Gasteiger partial charge is 0.456 e. The third-order valence-electron chi connectivity index (χ3n) is 13.5. The molecule has 6 nitrogen and oxygen atoms in total. The lowest BCUT2D eigenvalue weighted by molar-refractivity contribution is 0.668. The van der Waals surface area contributed by atoms with Crippen LogP contribution >= 0.6 is 0 Å². The molecule has 0 N–H and O–H groups in total. The van der Waals surface area contributed by atoms with Crippen molar-refractivity contribution in [3.05, 3.63) is 231 Å². The van der Waals surface area contributed by atoms with Gasteiger partial charge in [-0.05, 0) is 88.0 Å². The third kappa shape index (κ3) is 6.53. The highest BCUT2D eigenvalue weighted by Gasteiger charge is 2.21. The topological polar surface area (TPSA) is 69.9 Å². The Hall–Kier alpha value is -9.39. The van der Waals surface area contributed by atoms with Crippen molar-refractivity contribution in [1.29, 1.82) is 0 Å². The van der Waals surface area contributed by atoms with E-state index in [0.717, 1.165) is 99.5 Å². The lowest BCUT2D eigenvalue weighted by atomic mass is 9.97. The second-order valence-electron chi connectivity index (χ2n) is 17.6. The summed E-state index contributed by atoms with van der Waals surface area (Å²) in [5.74, 6) is 1.78. The summed E-state index contributed by atoms with van der Waals surface area (Å²) in [6.07, 6.45) is 0. The van der Waals surface area contributed by atoms with E-state index in [1.54, 1.807) is 0 Å². The zero-order chi connectivity index (χ0) is 45.4. The van der Waals surface area contributed by atoms with Crippen LogP contribution in [0.3, 0.4) is 0 Å². The van der Waals surface area contributed by atoms with Crippen molar-refractivity contribution in [2.24, 2.45) is 0 Å². The molecule has 0 aliphatic heterocycles. The molecule has 6 heteroatoms. The van der Waals surface area contributed by atoms with E-state index in [1.165, 1.54) is 21.9 Å². The molecule has 0 spiro atoms. The van der Waals surface area contributed by atoms with Gasteiger partial charge in [-0.3, -0.25) is 0 Å². The zero-order valence-corrected chi connectivity index (χ0v) is 37.0. The Kier molecular flexibility index (Phi) is 8.79. The molecular weight excluding hydrogens is 845 g/mol. The molecule has 4 heterocycles. The van der Waals surface area contributed by atoms with Gasteiger partial charge in [-0.2, -0.15) is 0 Å². The van der Waals surface area contributed by atoms with E-state index in [-0.39, 0.29) is 0 Å². The van der Waals surface area contributed by atoms with Crippen LogP contribution in [0.25, 0.3) is 139 Å². The lowest BCUT2D eigenvalue weighted by Crippen LogP contribution is -2.00. The van der Waals surface area contributed by atoms with Gasteiger partial charge in [0.25, 0.3) is 0 Å². The average molecular weight is 883 g/mol. The van der Waals surface area contributed by atoms with Gasteiger partial charge in [0.1, 0.15) is 22.3 Å². The molecule has 14 aromatic rings. The van der Waals surface area contributed by atoms with E-state index in [1.807, 2.05) is 48.5 Å². The van der Waals surface area contributed by atoms with Gasteiger partial charge in [0, 0.05) is 55.1 Å². The molecule has 0 saturated carbocycles. The minimum absolute atomic E-state index is 0.571. The van der Waals surface area contributed by atoms with Gasteiger partial charge in [-0.25, -0.2) is 15.0 Å². The smallest absolute Gasteiger partial charge is 0.164 e. The average Bonchev–Trinajstić information content (AvgIpc) is 4.10. The van der Waals surface area contributed by atoms with Crippen LogP contribution in [0, 0.1) is 0 Å². The highest BCUT2D eigenvalue weighted by molar-refractivity contribution is 6.16. The van der Waals surface area contributed by atoms with E-state index >= 15 is 0 Å². The van der Waals surface area contributed by atoms with E-state index in [9.17, 15) is 0 Å². The lowest BCUT2D eigenvalue weighted by Gasteiger charge is -2.12. The fraction of sp³-hybridized carbons (Fsp3) is 0. The van der Waals surface area contributed by atoms with Crippen LogP contribution in [0.5, 0.6) is 0 Å². The van der Waals surface area contributed by atoms with Crippen molar-refractivity contribution >= 4 is 65.7 Å². The highest BCUT2D eigenvalue weighted by atomic mass is 16.3. The molecule has 0 unspecified atom stereocenters. The van der Waals surface area contributed by atoms with Crippen molar-refractivity contribution in [2.45, 2.75) is 0 Å². The number of nitrogens with zero attached hydrogens (tertiary/aromatic N) is 4. The van der Waals surface area contributed by atoms with E-state index in [2.05, 4.69) is 187 Å². The third-order valence-corrected chi connectivity index (χ3v) is 13.5. The second-order valence-corrected chi connectivity index (χ2v) is 17.6. The van der Waals surface area contributed by atoms with Crippen LogP contribution in [0.1, 0.15) is 0 Å². The van der Waals surface area contributed by atoms with Crippen LogP contribution in [0.2, 0.25) is 0 Å². The summed E-state index contributed by atoms with van der Waals surface area (Å²) in [6.45, 7) is 0. The number of para-hydroxylation sites is 2. The number of aromatic nitrogens is 4. The molecule has 10 aromatic carbocycles. The molecule has 0 atom stereocenters. The number of hydrogen-bond acceptors (Lipinski definition) is 5. The second kappa shape index (κ2) is 15.6. The van der Waals surface area contributed by atoms with E-state index in [0.29, 0.717) is 17.5 Å². The Labute approximate surface area is 396 Å². The number of furan rings is 2. The molecule has 14 rings (SSSR count). The maximum absolute atomic E-state index is 6.81. The van der Waals surface area contributed by atoms with Crippen LogP contribution in [-0.4, -0.2) is 19.5 Å². The molecule has 0 saturated heterocycles. The molecule has 0 bridgehead atoms. The summed E-state index contributed by atoms with van der Waals surface area (Å²) in [5.41, 5.74) is 15.9. The first-order chi connectivity index (χ1) is 34.2. The fourth-order valence-electron chi connectivity index (χ4n) is 10.1. The minimum atomic E-state index is 0.571. The van der Waals surface area contributed by atoms with Gasteiger partial charge >= 0.3 is 0 Å². The number of rotatable bonds is 7. The maximum Gasteiger partial charge on any atom is 0.164 e. The summed E-state index contributed by atoms with van der Waals surface area (Å²) in [5, 5.41) is 6.57.